The first-order valence-corrected chi connectivity index (χ1v) is 8.83. The predicted molar refractivity (Wildman–Crippen MR) is 98.9 cm³/mol. The fourth-order valence-electron chi connectivity index (χ4n) is 3.40. The molecule has 1 aliphatic rings. The largest absolute Gasteiger partial charge is 0.872 e. The lowest BCUT2D eigenvalue weighted by Crippen LogP contribution is -2.29. The summed E-state index contributed by atoms with van der Waals surface area (Å²) in [4.78, 5) is 34.1. The molecule has 1 fully saturated rings. The number of ketones is 1. The highest BCUT2D eigenvalue weighted by Gasteiger charge is 2.44. The molecule has 28 heavy (non-hydrogen) atoms. The van der Waals surface area contributed by atoms with Crippen LogP contribution in [0.3, 0.4) is 0 Å². The summed E-state index contributed by atoms with van der Waals surface area (Å²) in [6, 6.07) is 14.9. The summed E-state index contributed by atoms with van der Waals surface area (Å²) in [5.74, 6) is -1.86. The number of hydrogen-bond acceptors (Lipinski definition) is 4. The number of hydrogen-bond donors (Lipinski definition) is 0. The molecule has 4 rings (SSSR count). The Labute approximate surface area is 161 Å². The first kappa shape index (κ1) is 17.6. The number of nitrogens with zero attached hydrogens (tertiary/aromatic N) is 2. The molecule has 6 nitrogen and oxygen atoms in total. The molecule has 138 valence electrons. The van der Waals surface area contributed by atoms with Crippen molar-refractivity contribution >= 4 is 17.4 Å². The number of carbonyl (C=O) groups is 2. The zero-order valence-electron chi connectivity index (χ0n) is 14.9. The van der Waals surface area contributed by atoms with Gasteiger partial charge in [0.25, 0.3) is 5.91 Å². The number of aromatic amines is 1. The standard InChI is InChI=1S/C22H17N3O3/c26-20(17-6-2-1-3-7-17)18-19(16-8-11-23-12-9-16)25(22(28)21(18)27)14-15-5-4-10-24-13-15/h1-13,19,26H,14H2/b20-18+. The molecule has 1 aliphatic heterocycles. The van der Waals surface area contributed by atoms with Gasteiger partial charge in [0.1, 0.15) is 0 Å². The third-order valence-electron chi connectivity index (χ3n) is 4.71. The molecule has 0 radical (unpaired) electrons. The van der Waals surface area contributed by atoms with Crippen LogP contribution in [-0.4, -0.2) is 21.6 Å². The van der Waals surface area contributed by atoms with Crippen molar-refractivity contribution < 1.29 is 19.7 Å². The molecule has 3 aromatic rings. The number of carbonyl (C=O) groups excluding carboxylic acids is 2. The van der Waals surface area contributed by atoms with Gasteiger partial charge in [-0.15, -0.1) is 0 Å². The predicted octanol–water partition coefficient (Wildman–Crippen LogP) is 1.32. The molecular formula is C22H17N3O3. The molecule has 1 amide bonds. The molecule has 3 heterocycles. The Morgan fingerprint density at radius 1 is 1.04 bits per heavy atom. The molecule has 1 atom stereocenters. The van der Waals surface area contributed by atoms with Crippen LogP contribution in [0.4, 0.5) is 0 Å². The first-order chi connectivity index (χ1) is 13.7. The molecule has 0 spiro atoms. The summed E-state index contributed by atoms with van der Waals surface area (Å²) in [7, 11) is 0. The van der Waals surface area contributed by atoms with Gasteiger partial charge >= 0.3 is 0 Å². The Bertz CT molecular complexity index is 1030. The van der Waals surface area contributed by atoms with Crippen molar-refractivity contribution in [2.24, 2.45) is 0 Å². The quantitative estimate of drug-likeness (QED) is 0.393. The Morgan fingerprint density at radius 2 is 1.79 bits per heavy atom. The van der Waals surface area contributed by atoms with Crippen LogP contribution in [-0.2, 0) is 16.1 Å². The van der Waals surface area contributed by atoms with Crippen LogP contribution in [0.1, 0.15) is 22.7 Å². The van der Waals surface area contributed by atoms with Crippen LogP contribution in [0.25, 0.3) is 5.76 Å². The molecule has 0 saturated carbocycles. The van der Waals surface area contributed by atoms with E-state index in [0.29, 0.717) is 11.1 Å². The Morgan fingerprint density at radius 3 is 2.46 bits per heavy atom. The normalized spacial score (nSPS) is 18.4. The summed E-state index contributed by atoms with van der Waals surface area (Å²) in [5.41, 5.74) is 1.86. The van der Waals surface area contributed by atoms with Crippen LogP contribution in [0.5, 0.6) is 0 Å². The van der Waals surface area contributed by atoms with E-state index in [-0.39, 0.29) is 12.1 Å². The second-order valence-corrected chi connectivity index (χ2v) is 6.47. The van der Waals surface area contributed by atoms with Crippen molar-refractivity contribution in [3.63, 3.8) is 0 Å². The highest BCUT2D eigenvalue weighted by Crippen LogP contribution is 2.39. The van der Waals surface area contributed by atoms with E-state index in [1.807, 2.05) is 12.1 Å². The second-order valence-electron chi connectivity index (χ2n) is 6.47. The van der Waals surface area contributed by atoms with Crippen molar-refractivity contribution in [3.8, 4) is 0 Å². The van der Waals surface area contributed by atoms with E-state index in [9.17, 15) is 14.7 Å². The lowest BCUT2D eigenvalue weighted by molar-refractivity contribution is -0.378. The van der Waals surface area contributed by atoms with Crippen LogP contribution < -0.4 is 10.1 Å². The smallest absolute Gasteiger partial charge is 0.295 e. The van der Waals surface area contributed by atoms with Gasteiger partial charge in [-0.3, -0.25) is 14.6 Å². The van der Waals surface area contributed by atoms with Gasteiger partial charge < -0.3 is 10.0 Å². The van der Waals surface area contributed by atoms with Crippen LogP contribution in [0, 0.1) is 0 Å². The number of nitrogens with one attached hydrogen (secondary N) is 1. The van der Waals surface area contributed by atoms with Crippen molar-refractivity contribution in [1.82, 2.24) is 9.88 Å². The fourth-order valence-corrected chi connectivity index (χ4v) is 3.40. The van der Waals surface area contributed by atoms with E-state index in [1.54, 1.807) is 67.3 Å². The van der Waals surface area contributed by atoms with E-state index in [0.717, 1.165) is 5.56 Å². The van der Waals surface area contributed by atoms with Gasteiger partial charge in [-0.05, 0) is 29.3 Å². The summed E-state index contributed by atoms with van der Waals surface area (Å²) < 4.78 is 0. The van der Waals surface area contributed by atoms with Gasteiger partial charge in [-0.25, -0.2) is 4.98 Å². The zero-order chi connectivity index (χ0) is 19.5. The van der Waals surface area contributed by atoms with E-state index >= 15 is 0 Å². The maximum Gasteiger partial charge on any atom is 0.295 e. The minimum absolute atomic E-state index is 0.0256. The van der Waals surface area contributed by atoms with Gasteiger partial charge in [0.05, 0.1) is 12.6 Å². The van der Waals surface area contributed by atoms with Gasteiger partial charge in [0.15, 0.2) is 12.4 Å². The number of benzene rings is 1. The lowest BCUT2D eigenvalue weighted by atomic mass is 9.96. The number of amides is 1. The molecule has 1 aromatic carbocycles. The second kappa shape index (κ2) is 7.44. The molecule has 1 unspecified atom stereocenters. The Balaban J connectivity index is 1.85. The molecule has 0 bridgehead atoms. The molecule has 0 aliphatic carbocycles. The van der Waals surface area contributed by atoms with Crippen molar-refractivity contribution in [3.05, 3.63) is 102 Å². The Hall–Kier alpha value is -3.80. The van der Waals surface area contributed by atoms with Crippen molar-refractivity contribution in [1.29, 1.82) is 0 Å². The van der Waals surface area contributed by atoms with Gasteiger partial charge in [0, 0.05) is 29.6 Å². The highest BCUT2D eigenvalue weighted by molar-refractivity contribution is 6.46. The van der Waals surface area contributed by atoms with E-state index in [1.165, 1.54) is 4.90 Å². The van der Waals surface area contributed by atoms with Crippen LogP contribution >= 0.6 is 0 Å². The molecule has 1 N–H and O–H groups in total. The molecule has 1 saturated heterocycles. The SMILES string of the molecule is O=C1C(=O)N(Cc2ccc[nH+]c2)C(c2ccncc2)/C1=C(\[O-])c1ccccc1. The molecular weight excluding hydrogens is 354 g/mol. The summed E-state index contributed by atoms with van der Waals surface area (Å²) in [6.07, 6.45) is 6.69. The van der Waals surface area contributed by atoms with Gasteiger partial charge in [-0.2, -0.15) is 0 Å². The third kappa shape index (κ3) is 3.16. The zero-order valence-corrected chi connectivity index (χ0v) is 14.9. The number of rotatable bonds is 4. The van der Waals surface area contributed by atoms with Crippen molar-refractivity contribution in [2.45, 2.75) is 12.6 Å². The number of H-pyrrole nitrogens is 1. The number of aromatic nitrogens is 2. The Kier molecular flexibility index (Phi) is 4.68. The van der Waals surface area contributed by atoms with Crippen LogP contribution in [0.2, 0.25) is 0 Å². The average molecular weight is 371 g/mol. The number of likely N-dealkylation sites (tertiary alicyclic amines) is 1. The van der Waals surface area contributed by atoms with E-state index in [2.05, 4.69) is 9.97 Å². The molecule has 2 aromatic heterocycles. The summed E-state index contributed by atoms with van der Waals surface area (Å²) in [5, 5.41) is 13.1. The van der Waals surface area contributed by atoms with Gasteiger partial charge in [-0.1, -0.05) is 36.1 Å². The first-order valence-electron chi connectivity index (χ1n) is 8.83. The van der Waals surface area contributed by atoms with Crippen molar-refractivity contribution in [2.75, 3.05) is 0 Å². The molecule has 6 heteroatoms. The third-order valence-corrected chi connectivity index (χ3v) is 4.71. The minimum Gasteiger partial charge on any atom is -0.872 e. The van der Waals surface area contributed by atoms with Gasteiger partial charge in [0.2, 0.25) is 5.78 Å². The summed E-state index contributed by atoms with van der Waals surface area (Å²) >= 11 is 0. The number of pyridine rings is 2. The highest BCUT2D eigenvalue weighted by atomic mass is 16.3. The topological polar surface area (TPSA) is 87.5 Å². The lowest BCUT2D eigenvalue weighted by Gasteiger charge is -2.27. The monoisotopic (exact) mass is 371 g/mol. The maximum absolute atomic E-state index is 13.1. The van der Waals surface area contributed by atoms with E-state index < -0.39 is 23.5 Å². The minimum atomic E-state index is -0.754. The average Bonchev–Trinajstić information content (AvgIpc) is 3.00. The maximum atomic E-state index is 13.1. The van der Waals surface area contributed by atoms with Crippen LogP contribution in [0.15, 0.2) is 85.0 Å². The summed E-state index contributed by atoms with van der Waals surface area (Å²) in [6.45, 7) is 0.209. The van der Waals surface area contributed by atoms with E-state index in [4.69, 9.17) is 0 Å². The fraction of sp³-hybridized carbons (Fsp3) is 0.0909. The number of Topliss-reactive ketones (excluding diaryl/α,β-unsaturated/α-hetero) is 1.